The fourth-order valence-electron chi connectivity index (χ4n) is 1.35. The second-order valence-corrected chi connectivity index (χ2v) is 3.75. The van der Waals surface area contributed by atoms with Crippen LogP contribution in [0.2, 0.25) is 0 Å². The number of ether oxygens (including phenoxy) is 1. The van der Waals surface area contributed by atoms with E-state index >= 15 is 0 Å². The minimum atomic E-state index is 0.338. The highest BCUT2D eigenvalue weighted by Gasteiger charge is 1.90. The molecule has 0 aliphatic carbocycles. The van der Waals surface area contributed by atoms with Gasteiger partial charge in [-0.25, -0.2) is 0 Å². The van der Waals surface area contributed by atoms with Crippen LogP contribution >= 0.6 is 0 Å². The van der Waals surface area contributed by atoms with Crippen molar-refractivity contribution in [3.63, 3.8) is 0 Å². The summed E-state index contributed by atoms with van der Waals surface area (Å²) in [5, 5.41) is 17.0. The average Bonchev–Trinajstić information content (AvgIpc) is 2.34. The van der Waals surface area contributed by atoms with Crippen LogP contribution in [0.1, 0.15) is 51.4 Å². The Kier molecular flexibility index (Phi) is 22.5. The lowest BCUT2D eigenvalue weighted by Gasteiger charge is -1.99. The number of aliphatic hydroxyl groups excluding tert-OH is 2. The zero-order chi connectivity index (χ0) is 13.2. The average molecular weight is 244 g/mol. The Bertz CT molecular complexity index is 130. The fourth-order valence-corrected chi connectivity index (χ4v) is 1.35. The molecule has 0 aliphatic heterocycles. The monoisotopic (exact) mass is 244 g/mol. The molecule has 0 saturated heterocycles. The molecule has 3 heteroatoms. The van der Waals surface area contributed by atoms with E-state index in [4.69, 9.17) is 10.2 Å². The highest BCUT2D eigenvalue weighted by molar-refractivity contribution is 4.57. The highest BCUT2D eigenvalue weighted by atomic mass is 16.5. The van der Waals surface area contributed by atoms with Gasteiger partial charge in [0.25, 0.3) is 0 Å². The minimum absolute atomic E-state index is 0.338. The van der Waals surface area contributed by atoms with Crippen molar-refractivity contribution < 1.29 is 14.9 Å². The van der Waals surface area contributed by atoms with Crippen molar-refractivity contribution in [3.8, 4) is 0 Å². The Morgan fingerprint density at radius 3 is 1.12 bits per heavy atom. The molecule has 0 saturated carbocycles. The molecule has 0 aliphatic rings. The lowest BCUT2D eigenvalue weighted by molar-refractivity contribution is 0.279. The van der Waals surface area contributed by atoms with E-state index in [-0.39, 0.29) is 0 Å². The SMILES string of the molecule is C=COC=C.OCCCCCCCCCCO. The van der Waals surface area contributed by atoms with Crippen molar-refractivity contribution in [3.05, 3.63) is 25.7 Å². The summed E-state index contributed by atoms with van der Waals surface area (Å²) in [7, 11) is 0. The summed E-state index contributed by atoms with van der Waals surface area (Å²) in [6, 6.07) is 0. The molecule has 0 amide bonds. The van der Waals surface area contributed by atoms with Crippen LogP contribution in [0.15, 0.2) is 25.7 Å². The summed E-state index contributed by atoms with van der Waals surface area (Å²) in [4.78, 5) is 0. The zero-order valence-corrected chi connectivity index (χ0v) is 10.9. The highest BCUT2D eigenvalue weighted by Crippen LogP contribution is 2.07. The van der Waals surface area contributed by atoms with Crippen LogP contribution in [0.5, 0.6) is 0 Å². The predicted octanol–water partition coefficient (Wildman–Crippen LogP) is 3.38. The van der Waals surface area contributed by atoms with E-state index < -0.39 is 0 Å². The number of aliphatic hydroxyl groups is 2. The lowest BCUT2D eigenvalue weighted by atomic mass is 10.1. The summed E-state index contributed by atoms with van der Waals surface area (Å²) in [6.45, 7) is 7.19. The molecule has 0 aromatic heterocycles. The van der Waals surface area contributed by atoms with E-state index in [1.165, 1.54) is 38.2 Å². The number of hydrogen-bond donors (Lipinski definition) is 2. The topological polar surface area (TPSA) is 49.7 Å². The molecule has 0 unspecified atom stereocenters. The summed E-state index contributed by atoms with van der Waals surface area (Å²) in [5.74, 6) is 0. The van der Waals surface area contributed by atoms with Gasteiger partial charge in [-0.15, -0.1) is 0 Å². The number of hydrogen-bond acceptors (Lipinski definition) is 3. The first-order valence-corrected chi connectivity index (χ1v) is 6.42. The quantitative estimate of drug-likeness (QED) is 0.433. The predicted molar refractivity (Wildman–Crippen MR) is 72.6 cm³/mol. The van der Waals surface area contributed by atoms with Crippen LogP contribution in [0.4, 0.5) is 0 Å². The van der Waals surface area contributed by atoms with Crippen molar-refractivity contribution in [1.29, 1.82) is 0 Å². The van der Waals surface area contributed by atoms with Gasteiger partial charge < -0.3 is 14.9 Å². The van der Waals surface area contributed by atoms with Gasteiger partial charge in [0.05, 0.1) is 12.5 Å². The number of rotatable bonds is 11. The summed E-state index contributed by atoms with van der Waals surface area (Å²) in [5.41, 5.74) is 0. The Morgan fingerprint density at radius 2 is 0.941 bits per heavy atom. The Balaban J connectivity index is 0. The van der Waals surface area contributed by atoms with Crippen molar-refractivity contribution in [2.24, 2.45) is 0 Å². The first-order valence-electron chi connectivity index (χ1n) is 6.42. The maximum Gasteiger partial charge on any atom is 0.0829 e. The first-order chi connectivity index (χ1) is 8.33. The molecule has 0 radical (unpaired) electrons. The van der Waals surface area contributed by atoms with E-state index in [0.717, 1.165) is 25.7 Å². The normalized spacial score (nSPS) is 9.06. The van der Waals surface area contributed by atoms with Crippen molar-refractivity contribution in [2.45, 2.75) is 51.4 Å². The maximum absolute atomic E-state index is 8.51. The van der Waals surface area contributed by atoms with Crippen LogP contribution < -0.4 is 0 Å². The Hall–Kier alpha value is -0.800. The Labute approximate surface area is 106 Å². The summed E-state index contributed by atoms with van der Waals surface area (Å²) in [6.07, 6.45) is 11.9. The molecular weight excluding hydrogens is 216 g/mol. The van der Waals surface area contributed by atoms with Gasteiger partial charge in [0.2, 0.25) is 0 Å². The van der Waals surface area contributed by atoms with Gasteiger partial charge in [-0.1, -0.05) is 51.7 Å². The van der Waals surface area contributed by atoms with Crippen LogP contribution in [-0.4, -0.2) is 23.4 Å². The third-order valence-corrected chi connectivity index (χ3v) is 2.26. The van der Waals surface area contributed by atoms with E-state index in [0.29, 0.717) is 13.2 Å². The molecule has 0 bridgehead atoms. The molecule has 0 fully saturated rings. The van der Waals surface area contributed by atoms with E-state index in [1.807, 2.05) is 0 Å². The third-order valence-electron chi connectivity index (χ3n) is 2.26. The third kappa shape index (κ3) is 25.5. The zero-order valence-electron chi connectivity index (χ0n) is 10.9. The standard InChI is InChI=1S/C10H22O2.C4H6O/c11-9-7-5-3-1-2-4-6-8-10-12;1-3-5-4-2/h11-12H,1-10H2;3-4H,1-2H2. The van der Waals surface area contributed by atoms with Crippen LogP contribution in [0, 0.1) is 0 Å². The first kappa shape index (κ1) is 18.6. The second-order valence-electron chi connectivity index (χ2n) is 3.75. The van der Waals surface area contributed by atoms with Gasteiger partial charge in [-0.05, 0) is 12.8 Å². The largest absolute Gasteiger partial charge is 0.474 e. The van der Waals surface area contributed by atoms with Crippen LogP contribution in [0.25, 0.3) is 0 Å². The molecule has 0 spiro atoms. The summed E-state index contributed by atoms with van der Waals surface area (Å²) >= 11 is 0. The molecule has 3 nitrogen and oxygen atoms in total. The van der Waals surface area contributed by atoms with Crippen LogP contribution in [-0.2, 0) is 4.74 Å². The van der Waals surface area contributed by atoms with Gasteiger partial charge in [0.15, 0.2) is 0 Å². The molecule has 0 rings (SSSR count). The van der Waals surface area contributed by atoms with Gasteiger partial charge in [0.1, 0.15) is 0 Å². The van der Waals surface area contributed by atoms with Crippen LogP contribution in [0.3, 0.4) is 0 Å². The molecule has 0 atom stereocenters. The Morgan fingerprint density at radius 1 is 0.647 bits per heavy atom. The van der Waals surface area contributed by atoms with Gasteiger partial charge in [0, 0.05) is 13.2 Å². The van der Waals surface area contributed by atoms with Crippen molar-refractivity contribution >= 4 is 0 Å². The second kappa shape index (κ2) is 20.6. The molecular formula is C14H28O3. The smallest absolute Gasteiger partial charge is 0.0829 e. The minimum Gasteiger partial charge on any atom is -0.474 e. The van der Waals surface area contributed by atoms with Crippen molar-refractivity contribution in [2.75, 3.05) is 13.2 Å². The van der Waals surface area contributed by atoms with Gasteiger partial charge >= 0.3 is 0 Å². The van der Waals surface area contributed by atoms with E-state index in [9.17, 15) is 0 Å². The van der Waals surface area contributed by atoms with E-state index in [1.54, 1.807) is 0 Å². The molecule has 2 N–H and O–H groups in total. The maximum atomic E-state index is 8.51. The molecule has 0 aromatic carbocycles. The van der Waals surface area contributed by atoms with Gasteiger partial charge in [-0.2, -0.15) is 0 Å². The molecule has 102 valence electrons. The summed E-state index contributed by atoms with van der Waals surface area (Å²) < 4.78 is 4.36. The number of unbranched alkanes of at least 4 members (excludes halogenated alkanes) is 7. The van der Waals surface area contributed by atoms with Crippen molar-refractivity contribution in [1.82, 2.24) is 0 Å². The fraction of sp³-hybridized carbons (Fsp3) is 0.714. The van der Waals surface area contributed by atoms with Gasteiger partial charge in [-0.3, -0.25) is 0 Å². The molecule has 0 heterocycles. The lowest BCUT2D eigenvalue weighted by Crippen LogP contribution is -1.85. The molecule has 0 aromatic rings. The molecule has 17 heavy (non-hydrogen) atoms. The van der Waals surface area contributed by atoms with E-state index in [2.05, 4.69) is 17.9 Å².